The van der Waals surface area contributed by atoms with Crippen LogP contribution in [0.4, 0.5) is 0 Å². The Labute approximate surface area is 224 Å². The van der Waals surface area contributed by atoms with Gasteiger partial charge in [0.05, 0.1) is 26.2 Å². The second-order valence-electron chi connectivity index (χ2n) is 10.6. The first-order valence-corrected chi connectivity index (χ1v) is 13.6. The van der Waals surface area contributed by atoms with Crippen LogP contribution < -0.4 is 9.47 Å². The van der Waals surface area contributed by atoms with Crippen molar-refractivity contribution in [2.24, 2.45) is 5.92 Å². The van der Waals surface area contributed by atoms with Crippen molar-refractivity contribution in [2.75, 3.05) is 33.9 Å². The third kappa shape index (κ3) is 4.22. The maximum Gasteiger partial charge on any atom is 0.254 e. The molecular weight excluding hydrogens is 476 g/mol. The molecule has 3 aliphatic heterocycles. The molecule has 196 valence electrons. The first-order chi connectivity index (χ1) is 18.6. The molecule has 3 aromatic rings. The molecule has 3 aliphatic rings. The fourth-order valence-electron chi connectivity index (χ4n) is 6.62. The highest BCUT2D eigenvalue weighted by atomic mass is 16.5. The van der Waals surface area contributed by atoms with Gasteiger partial charge in [-0.25, -0.2) is 0 Å². The maximum atomic E-state index is 14.4. The molecule has 2 unspecified atom stereocenters. The SMILES string of the molecule is COc1cc2c(cc1OC)C1C(C(=O)N3CCC(Cc4ccccc4)CC3)c3ccccc3C(=O)N1CC2. The predicted octanol–water partition coefficient (Wildman–Crippen LogP) is 5.02. The fourth-order valence-corrected chi connectivity index (χ4v) is 6.62. The highest BCUT2D eigenvalue weighted by Gasteiger charge is 2.48. The fraction of sp³-hybridized carbons (Fsp3) is 0.375. The standard InChI is InChI=1S/C32H34N2O4/c1-37-27-19-23-14-17-34-30(26(23)20-28(27)38-2)29(24-10-6-7-11-25(24)31(34)35)32(36)33-15-12-22(13-16-33)18-21-8-4-3-5-9-21/h3-11,19-20,22,29-30H,12-18H2,1-2H3. The number of ether oxygens (including phenoxy) is 2. The second-order valence-corrected chi connectivity index (χ2v) is 10.6. The molecule has 0 saturated carbocycles. The Balaban J connectivity index is 1.33. The van der Waals surface area contributed by atoms with E-state index in [9.17, 15) is 9.59 Å². The summed E-state index contributed by atoms with van der Waals surface area (Å²) in [6, 6.07) is 21.9. The first kappa shape index (κ1) is 24.5. The van der Waals surface area contributed by atoms with Crippen molar-refractivity contribution < 1.29 is 19.1 Å². The van der Waals surface area contributed by atoms with Gasteiger partial charge in [0.15, 0.2) is 11.5 Å². The topological polar surface area (TPSA) is 59.1 Å². The van der Waals surface area contributed by atoms with Crippen LogP contribution in [-0.2, 0) is 17.6 Å². The van der Waals surface area contributed by atoms with Gasteiger partial charge in [-0.2, -0.15) is 0 Å². The Bertz CT molecular complexity index is 1350. The van der Waals surface area contributed by atoms with Gasteiger partial charge in [0.25, 0.3) is 5.91 Å². The van der Waals surface area contributed by atoms with Crippen molar-refractivity contribution in [3.05, 3.63) is 94.5 Å². The monoisotopic (exact) mass is 510 g/mol. The third-order valence-corrected chi connectivity index (χ3v) is 8.58. The highest BCUT2D eigenvalue weighted by molar-refractivity contribution is 6.01. The molecule has 38 heavy (non-hydrogen) atoms. The van der Waals surface area contributed by atoms with Crippen LogP contribution in [0.2, 0.25) is 0 Å². The van der Waals surface area contributed by atoms with Crippen LogP contribution in [0, 0.1) is 5.92 Å². The summed E-state index contributed by atoms with van der Waals surface area (Å²) in [5.74, 6) is 1.52. The Morgan fingerprint density at radius 3 is 2.29 bits per heavy atom. The minimum absolute atomic E-state index is 0.00310. The molecule has 3 aromatic carbocycles. The van der Waals surface area contributed by atoms with Gasteiger partial charge in [0.2, 0.25) is 5.91 Å². The number of carbonyl (C=O) groups is 2. The largest absolute Gasteiger partial charge is 0.493 e. The van der Waals surface area contributed by atoms with Gasteiger partial charge >= 0.3 is 0 Å². The number of benzene rings is 3. The summed E-state index contributed by atoms with van der Waals surface area (Å²) in [5.41, 5.74) is 4.92. The van der Waals surface area contributed by atoms with Crippen LogP contribution >= 0.6 is 0 Å². The molecule has 0 N–H and O–H groups in total. The van der Waals surface area contributed by atoms with Crippen molar-refractivity contribution >= 4 is 11.8 Å². The van der Waals surface area contributed by atoms with Gasteiger partial charge in [0.1, 0.15) is 0 Å². The lowest BCUT2D eigenvalue weighted by molar-refractivity contribution is -0.136. The molecule has 6 heteroatoms. The number of methoxy groups -OCH3 is 2. The van der Waals surface area contributed by atoms with E-state index in [1.165, 1.54) is 5.56 Å². The molecule has 1 fully saturated rings. The minimum atomic E-state index is -0.452. The number of piperidine rings is 1. The average molecular weight is 511 g/mol. The lowest BCUT2D eigenvalue weighted by Crippen LogP contribution is -2.51. The van der Waals surface area contributed by atoms with E-state index in [1.807, 2.05) is 46.2 Å². The van der Waals surface area contributed by atoms with Crippen LogP contribution in [0.15, 0.2) is 66.7 Å². The number of hydrogen-bond donors (Lipinski definition) is 0. The number of carbonyl (C=O) groups excluding carboxylic acids is 2. The molecule has 0 aliphatic carbocycles. The van der Waals surface area contributed by atoms with Crippen LogP contribution in [-0.4, -0.2) is 55.5 Å². The quantitative estimate of drug-likeness (QED) is 0.484. The predicted molar refractivity (Wildman–Crippen MR) is 146 cm³/mol. The molecule has 6 rings (SSSR count). The van der Waals surface area contributed by atoms with Crippen LogP contribution in [0.1, 0.15) is 57.4 Å². The Morgan fingerprint density at radius 1 is 0.868 bits per heavy atom. The molecule has 2 atom stereocenters. The number of likely N-dealkylation sites (tertiary alicyclic amines) is 1. The number of hydrogen-bond acceptors (Lipinski definition) is 4. The Kier molecular flexibility index (Phi) is 6.56. The molecule has 0 radical (unpaired) electrons. The molecule has 0 spiro atoms. The number of amides is 2. The maximum absolute atomic E-state index is 14.4. The number of fused-ring (bicyclic) bond motifs is 4. The third-order valence-electron chi connectivity index (χ3n) is 8.58. The summed E-state index contributed by atoms with van der Waals surface area (Å²) in [6.07, 6.45) is 3.74. The summed E-state index contributed by atoms with van der Waals surface area (Å²) in [5, 5.41) is 0. The van der Waals surface area contributed by atoms with Crippen molar-refractivity contribution in [2.45, 2.75) is 37.6 Å². The van der Waals surface area contributed by atoms with Gasteiger partial charge in [-0.05, 0) is 72.1 Å². The smallest absolute Gasteiger partial charge is 0.254 e. The molecular formula is C32H34N2O4. The van der Waals surface area contributed by atoms with E-state index in [0.717, 1.165) is 49.0 Å². The first-order valence-electron chi connectivity index (χ1n) is 13.6. The Morgan fingerprint density at radius 2 is 1.55 bits per heavy atom. The van der Waals surface area contributed by atoms with E-state index in [1.54, 1.807) is 14.2 Å². The van der Waals surface area contributed by atoms with Crippen molar-refractivity contribution in [3.8, 4) is 11.5 Å². The van der Waals surface area contributed by atoms with E-state index in [2.05, 4.69) is 30.3 Å². The van der Waals surface area contributed by atoms with Gasteiger partial charge in [0, 0.05) is 25.2 Å². The highest BCUT2D eigenvalue weighted by Crippen LogP contribution is 2.49. The summed E-state index contributed by atoms with van der Waals surface area (Å²) in [7, 11) is 3.25. The van der Waals surface area contributed by atoms with E-state index >= 15 is 0 Å². The molecule has 1 saturated heterocycles. The second kappa shape index (κ2) is 10.2. The van der Waals surface area contributed by atoms with Crippen molar-refractivity contribution in [1.29, 1.82) is 0 Å². The van der Waals surface area contributed by atoms with Gasteiger partial charge < -0.3 is 19.3 Å². The van der Waals surface area contributed by atoms with Gasteiger partial charge in [-0.15, -0.1) is 0 Å². The summed E-state index contributed by atoms with van der Waals surface area (Å²) in [4.78, 5) is 31.9. The van der Waals surface area contributed by atoms with Gasteiger partial charge in [-0.1, -0.05) is 48.5 Å². The van der Waals surface area contributed by atoms with Crippen LogP contribution in [0.25, 0.3) is 0 Å². The zero-order chi connectivity index (χ0) is 26.2. The molecule has 6 nitrogen and oxygen atoms in total. The minimum Gasteiger partial charge on any atom is -0.493 e. The lowest BCUT2D eigenvalue weighted by Gasteiger charge is -2.47. The van der Waals surface area contributed by atoms with Crippen molar-refractivity contribution in [1.82, 2.24) is 9.80 Å². The number of nitrogens with zero attached hydrogens (tertiary/aromatic N) is 2. The van der Waals surface area contributed by atoms with E-state index < -0.39 is 5.92 Å². The average Bonchev–Trinajstić information content (AvgIpc) is 2.97. The summed E-state index contributed by atoms with van der Waals surface area (Å²) in [6.45, 7) is 2.06. The summed E-state index contributed by atoms with van der Waals surface area (Å²) < 4.78 is 11.2. The molecule has 3 heterocycles. The van der Waals surface area contributed by atoms with E-state index in [4.69, 9.17) is 9.47 Å². The molecule has 0 bridgehead atoms. The van der Waals surface area contributed by atoms with E-state index in [-0.39, 0.29) is 17.9 Å². The summed E-state index contributed by atoms with van der Waals surface area (Å²) >= 11 is 0. The number of rotatable bonds is 5. The normalized spacial score (nSPS) is 20.8. The zero-order valence-corrected chi connectivity index (χ0v) is 22.1. The van der Waals surface area contributed by atoms with E-state index in [0.29, 0.717) is 35.9 Å². The Hall–Kier alpha value is -3.80. The van der Waals surface area contributed by atoms with Crippen molar-refractivity contribution in [3.63, 3.8) is 0 Å². The zero-order valence-electron chi connectivity index (χ0n) is 22.1. The lowest BCUT2D eigenvalue weighted by atomic mass is 9.75. The van der Waals surface area contributed by atoms with Crippen LogP contribution in [0.5, 0.6) is 11.5 Å². The molecule has 0 aromatic heterocycles. The van der Waals surface area contributed by atoms with Crippen LogP contribution in [0.3, 0.4) is 0 Å². The molecule has 2 amide bonds. The van der Waals surface area contributed by atoms with Gasteiger partial charge in [-0.3, -0.25) is 9.59 Å².